The van der Waals surface area contributed by atoms with E-state index in [4.69, 9.17) is 4.74 Å². The summed E-state index contributed by atoms with van der Waals surface area (Å²) in [7, 11) is 0. The van der Waals surface area contributed by atoms with E-state index in [1.165, 1.54) is 0 Å². The highest BCUT2D eigenvalue weighted by molar-refractivity contribution is 9.10. The zero-order valence-electron chi connectivity index (χ0n) is 11.4. The molecule has 4 nitrogen and oxygen atoms in total. The van der Waals surface area contributed by atoms with E-state index in [1.54, 1.807) is 0 Å². The second-order valence-corrected chi connectivity index (χ2v) is 6.18. The summed E-state index contributed by atoms with van der Waals surface area (Å²) in [4.78, 5) is 11.7. The maximum Gasteiger partial charge on any atom is 0.223 e. The zero-order valence-corrected chi connectivity index (χ0v) is 13.0. The highest BCUT2D eigenvalue weighted by Crippen LogP contribution is 2.32. The van der Waals surface area contributed by atoms with Crippen molar-refractivity contribution >= 4 is 21.8 Å². The molecule has 2 rings (SSSR count). The van der Waals surface area contributed by atoms with Gasteiger partial charge < -0.3 is 15.2 Å². The van der Waals surface area contributed by atoms with Crippen LogP contribution in [-0.4, -0.2) is 29.8 Å². The lowest BCUT2D eigenvalue weighted by atomic mass is 9.98. The van der Waals surface area contributed by atoms with E-state index in [0.717, 1.165) is 35.9 Å². The molecule has 2 N–H and O–H groups in total. The number of hydrogen-bond donors (Lipinski definition) is 2. The van der Waals surface area contributed by atoms with Crippen LogP contribution in [0, 0.1) is 0 Å². The molecule has 0 aromatic heterocycles. The van der Waals surface area contributed by atoms with Gasteiger partial charge in [0.25, 0.3) is 0 Å². The second kappa shape index (κ2) is 7.09. The predicted molar refractivity (Wildman–Crippen MR) is 80.7 cm³/mol. The maximum atomic E-state index is 11.7. The lowest BCUT2D eigenvalue weighted by Gasteiger charge is -2.21. The Kier molecular flexibility index (Phi) is 5.43. The Morgan fingerprint density at radius 1 is 1.30 bits per heavy atom. The Morgan fingerprint density at radius 2 is 1.95 bits per heavy atom. The normalized spacial score (nSPS) is 16.9. The molecule has 0 unspecified atom stereocenters. The van der Waals surface area contributed by atoms with Crippen LogP contribution in [0.5, 0.6) is 5.75 Å². The van der Waals surface area contributed by atoms with Crippen molar-refractivity contribution in [3.8, 4) is 5.75 Å². The quantitative estimate of drug-likeness (QED) is 0.782. The van der Waals surface area contributed by atoms with E-state index in [9.17, 15) is 9.90 Å². The molecule has 0 atom stereocenters. The Bertz CT molecular complexity index is 441. The second-order valence-electron chi connectivity index (χ2n) is 5.26. The molecule has 1 saturated carbocycles. The molecule has 1 aliphatic rings. The van der Waals surface area contributed by atoms with Crippen LogP contribution >= 0.6 is 15.9 Å². The van der Waals surface area contributed by atoms with Crippen LogP contribution in [0.15, 0.2) is 28.7 Å². The summed E-state index contributed by atoms with van der Waals surface area (Å²) in [5.74, 6) is 0.672. The number of benzene rings is 1. The van der Waals surface area contributed by atoms with Crippen LogP contribution in [0.3, 0.4) is 0 Å². The van der Waals surface area contributed by atoms with Gasteiger partial charge in [-0.25, -0.2) is 0 Å². The molecule has 0 saturated heterocycles. The summed E-state index contributed by atoms with van der Waals surface area (Å²) in [6, 6.07) is 7.55. The number of nitrogens with one attached hydrogen (secondary N) is 1. The minimum absolute atomic E-state index is 0.103. The van der Waals surface area contributed by atoms with Crippen molar-refractivity contribution in [2.75, 3.05) is 13.2 Å². The largest absolute Gasteiger partial charge is 0.492 e. The zero-order chi connectivity index (χ0) is 14.4. The number of aliphatic hydroxyl groups is 1. The average Bonchev–Trinajstić information content (AvgIpc) is 2.83. The predicted octanol–water partition coefficient (Wildman–Crippen LogP) is 2.64. The van der Waals surface area contributed by atoms with E-state index in [2.05, 4.69) is 21.2 Å². The van der Waals surface area contributed by atoms with Crippen molar-refractivity contribution in [2.45, 2.75) is 37.7 Å². The molecule has 1 fully saturated rings. The van der Waals surface area contributed by atoms with E-state index in [0.29, 0.717) is 13.2 Å². The van der Waals surface area contributed by atoms with Gasteiger partial charge in [0.05, 0.1) is 18.6 Å². The number of hydrogen-bond acceptors (Lipinski definition) is 3. The van der Waals surface area contributed by atoms with Gasteiger partial charge in [-0.3, -0.25) is 4.79 Å². The third-order valence-electron chi connectivity index (χ3n) is 3.53. The van der Waals surface area contributed by atoms with Gasteiger partial charge in [-0.15, -0.1) is 0 Å². The van der Waals surface area contributed by atoms with Gasteiger partial charge >= 0.3 is 0 Å². The number of halogens is 1. The number of carbonyl (C=O) groups excluding carboxylic acids is 1. The van der Waals surface area contributed by atoms with Crippen LogP contribution in [0.1, 0.15) is 32.1 Å². The van der Waals surface area contributed by atoms with E-state index < -0.39 is 5.60 Å². The molecule has 5 heteroatoms. The molecule has 0 radical (unpaired) electrons. The summed E-state index contributed by atoms with van der Waals surface area (Å²) < 4.78 is 6.51. The molecule has 0 heterocycles. The van der Waals surface area contributed by atoms with Gasteiger partial charge in [0.1, 0.15) is 12.4 Å². The fourth-order valence-electron chi connectivity index (χ4n) is 2.46. The van der Waals surface area contributed by atoms with Crippen molar-refractivity contribution in [2.24, 2.45) is 0 Å². The van der Waals surface area contributed by atoms with Crippen LogP contribution < -0.4 is 10.1 Å². The van der Waals surface area contributed by atoms with Crippen LogP contribution in [0.4, 0.5) is 0 Å². The van der Waals surface area contributed by atoms with Crippen molar-refractivity contribution in [1.82, 2.24) is 5.32 Å². The maximum absolute atomic E-state index is 11.7. The van der Waals surface area contributed by atoms with Crippen LogP contribution in [0.2, 0.25) is 0 Å². The fourth-order valence-corrected chi connectivity index (χ4v) is 2.73. The highest BCUT2D eigenvalue weighted by Gasteiger charge is 2.33. The van der Waals surface area contributed by atoms with Gasteiger partial charge in [0, 0.05) is 4.47 Å². The summed E-state index contributed by atoms with van der Waals surface area (Å²) in [6.07, 6.45) is 3.68. The van der Waals surface area contributed by atoms with Gasteiger partial charge in [-0.1, -0.05) is 28.8 Å². The Hall–Kier alpha value is -1.07. The Balaban J connectivity index is 1.63. The third-order valence-corrected chi connectivity index (χ3v) is 4.06. The lowest BCUT2D eigenvalue weighted by Crippen LogP contribution is -2.36. The standard InChI is InChI=1S/C15H20BrNO3/c16-12-3-5-13(6-4-12)20-10-9-17-14(18)11-15(19)7-1-2-8-15/h3-6,19H,1-2,7-11H2,(H,17,18). The van der Waals surface area contributed by atoms with Gasteiger partial charge in [-0.05, 0) is 37.1 Å². The Morgan fingerprint density at radius 3 is 2.60 bits per heavy atom. The minimum atomic E-state index is -0.781. The first kappa shape index (κ1) is 15.3. The lowest BCUT2D eigenvalue weighted by molar-refractivity contribution is -0.126. The molecule has 0 bridgehead atoms. The first-order valence-electron chi connectivity index (χ1n) is 6.95. The minimum Gasteiger partial charge on any atom is -0.492 e. The SMILES string of the molecule is O=C(CC1(O)CCCC1)NCCOc1ccc(Br)cc1. The summed E-state index contributed by atoms with van der Waals surface area (Å²) >= 11 is 3.36. The average molecular weight is 342 g/mol. The molecular formula is C15H20BrNO3. The molecule has 1 amide bonds. The first-order valence-corrected chi connectivity index (χ1v) is 7.74. The van der Waals surface area contributed by atoms with Gasteiger partial charge in [0.2, 0.25) is 5.91 Å². The molecule has 0 spiro atoms. The van der Waals surface area contributed by atoms with Gasteiger partial charge in [-0.2, -0.15) is 0 Å². The molecule has 110 valence electrons. The topological polar surface area (TPSA) is 58.6 Å². The number of ether oxygens (including phenoxy) is 1. The van der Waals surface area contributed by atoms with Crippen molar-refractivity contribution in [3.05, 3.63) is 28.7 Å². The van der Waals surface area contributed by atoms with Crippen LogP contribution in [-0.2, 0) is 4.79 Å². The molecular weight excluding hydrogens is 322 g/mol. The monoisotopic (exact) mass is 341 g/mol. The highest BCUT2D eigenvalue weighted by atomic mass is 79.9. The number of carbonyl (C=O) groups is 1. The number of rotatable bonds is 6. The fraction of sp³-hybridized carbons (Fsp3) is 0.533. The molecule has 1 aliphatic carbocycles. The summed E-state index contributed by atoms with van der Waals surface area (Å²) in [6.45, 7) is 0.872. The summed E-state index contributed by atoms with van der Waals surface area (Å²) in [5, 5.41) is 12.9. The smallest absolute Gasteiger partial charge is 0.223 e. The third kappa shape index (κ3) is 4.80. The Labute approximate surface area is 127 Å². The van der Waals surface area contributed by atoms with E-state index >= 15 is 0 Å². The van der Waals surface area contributed by atoms with Gasteiger partial charge in [0.15, 0.2) is 0 Å². The molecule has 20 heavy (non-hydrogen) atoms. The van der Waals surface area contributed by atoms with Crippen molar-refractivity contribution in [3.63, 3.8) is 0 Å². The summed E-state index contributed by atoms with van der Waals surface area (Å²) in [5.41, 5.74) is -0.781. The molecule has 1 aromatic rings. The molecule has 0 aliphatic heterocycles. The van der Waals surface area contributed by atoms with Crippen molar-refractivity contribution in [1.29, 1.82) is 0 Å². The molecule has 1 aromatic carbocycles. The van der Waals surface area contributed by atoms with E-state index in [1.807, 2.05) is 24.3 Å². The van der Waals surface area contributed by atoms with Crippen LogP contribution in [0.25, 0.3) is 0 Å². The van der Waals surface area contributed by atoms with Crippen molar-refractivity contribution < 1.29 is 14.6 Å². The number of amides is 1. The van der Waals surface area contributed by atoms with E-state index in [-0.39, 0.29) is 12.3 Å². The first-order chi connectivity index (χ1) is 9.57.